The van der Waals surface area contributed by atoms with Gasteiger partial charge in [0, 0.05) is 11.5 Å². The number of nitrogens with zero attached hydrogens (tertiary/aromatic N) is 2. The molecule has 0 saturated heterocycles. The second kappa shape index (κ2) is 8.08. The third-order valence-electron chi connectivity index (χ3n) is 4.42. The molecule has 0 fully saturated rings. The second-order valence-electron chi connectivity index (χ2n) is 6.25. The summed E-state index contributed by atoms with van der Waals surface area (Å²) < 4.78 is 20.9. The van der Waals surface area contributed by atoms with Gasteiger partial charge in [-0.25, -0.2) is 4.79 Å². The van der Waals surface area contributed by atoms with Gasteiger partial charge in [-0.05, 0) is 29.7 Å². The standard InChI is InChI=1S/C21H17N3O6/c1-27-13-7-8-15(17(10-13)28-2)19-23-18(30-24-19)11-29-21(26)16-9-12-5-3-4-6-14(12)20(25)22-16/h3-10H,11H2,1-2H3,(H,22,25). The Hall–Kier alpha value is -4.14. The Morgan fingerprint density at radius 2 is 1.93 bits per heavy atom. The Morgan fingerprint density at radius 3 is 2.73 bits per heavy atom. The Labute approximate surface area is 170 Å². The molecule has 4 aromatic rings. The lowest BCUT2D eigenvalue weighted by Crippen LogP contribution is -2.15. The predicted molar refractivity (Wildman–Crippen MR) is 107 cm³/mol. The van der Waals surface area contributed by atoms with E-state index in [-0.39, 0.29) is 29.6 Å². The number of carbonyl (C=O) groups excluding carboxylic acids is 1. The number of carbonyl (C=O) groups is 1. The zero-order valence-electron chi connectivity index (χ0n) is 16.2. The molecule has 2 aromatic carbocycles. The van der Waals surface area contributed by atoms with Gasteiger partial charge in [-0.15, -0.1) is 0 Å². The van der Waals surface area contributed by atoms with Crippen molar-refractivity contribution >= 4 is 16.7 Å². The fourth-order valence-corrected chi connectivity index (χ4v) is 2.93. The fraction of sp³-hybridized carbons (Fsp3) is 0.143. The molecule has 9 heteroatoms. The third-order valence-corrected chi connectivity index (χ3v) is 4.42. The zero-order valence-corrected chi connectivity index (χ0v) is 16.2. The normalized spacial score (nSPS) is 10.7. The quantitative estimate of drug-likeness (QED) is 0.485. The highest BCUT2D eigenvalue weighted by Crippen LogP contribution is 2.31. The average molecular weight is 407 g/mol. The van der Waals surface area contributed by atoms with Gasteiger partial charge in [0.05, 0.1) is 19.8 Å². The van der Waals surface area contributed by atoms with E-state index in [1.54, 1.807) is 55.6 Å². The first-order valence-electron chi connectivity index (χ1n) is 8.93. The van der Waals surface area contributed by atoms with E-state index in [2.05, 4.69) is 15.1 Å². The molecule has 0 amide bonds. The minimum atomic E-state index is -0.709. The molecule has 30 heavy (non-hydrogen) atoms. The number of hydrogen-bond donors (Lipinski definition) is 1. The first kappa shape index (κ1) is 19.2. The molecular weight excluding hydrogens is 390 g/mol. The Balaban J connectivity index is 1.50. The number of esters is 1. The minimum absolute atomic E-state index is 0.0373. The van der Waals surface area contributed by atoms with Gasteiger partial charge in [-0.1, -0.05) is 23.4 Å². The molecule has 0 saturated carbocycles. The van der Waals surface area contributed by atoms with Crippen LogP contribution in [0.15, 0.2) is 57.8 Å². The Morgan fingerprint density at radius 1 is 1.10 bits per heavy atom. The van der Waals surface area contributed by atoms with E-state index in [9.17, 15) is 9.59 Å². The molecule has 0 atom stereocenters. The van der Waals surface area contributed by atoms with Gasteiger partial charge in [-0.3, -0.25) is 4.79 Å². The van der Waals surface area contributed by atoms with Crippen LogP contribution in [0.25, 0.3) is 22.2 Å². The first-order chi connectivity index (χ1) is 14.6. The first-order valence-corrected chi connectivity index (χ1v) is 8.93. The molecule has 152 valence electrons. The molecule has 0 radical (unpaired) electrons. The van der Waals surface area contributed by atoms with Crippen LogP contribution in [-0.4, -0.2) is 35.3 Å². The van der Waals surface area contributed by atoms with Gasteiger partial charge in [-0.2, -0.15) is 4.98 Å². The van der Waals surface area contributed by atoms with E-state index in [0.29, 0.717) is 27.8 Å². The summed E-state index contributed by atoms with van der Waals surface area (Å²) in [6.07, 6.45) is 0. The molecule has 0 aliphatic carbocycles. The van der Waals surface area contributed by atoms with Crippen molar-refractivity contribution in [2.45, 2.75) is 6.61 Å². The van der Waals surface area contributed by atoms with E-state index in [1.807, 2.05) is 0 Å². The molecule has 0 unspecified atom stereocenters. The number of aromatic nitrogens is 3. The smallest absolute Gasteiger partial charge is 0.355 e. The zero-order chi connectivity index (χ0) is 21.1. The van der Waals surface area contributed by atoms with E-state index in [0.717, 1.165) is 0 Å². The van der Waals surface area contributed by atoms with Gasteiger partial charge in [0.25, 0.3) is 11.4 Å². The van der Waals surface area contributed by atoms with Gasteiger partial charge >= 0.3 is 5.97 Å². The lowest BCUT2D eigenvalue weighted by atomic mass is 10.1. The third kappa shape index (κ3) is 3.72. The lowest BCUT2D eigenvalue weighted by molar-refractivity contribution is 0.0423. The fourth-order valence-electron chi connectivity index (χ4n) is 2.93. The maximum Gasteiger partial charge on any atom is 0.355 e. The summed E-state index contributed by atoms with van der Waals surface area (Å²) in [6.45, 7) is -0.251. The largest absolute Gasteiger partial charge is 0.497 e. The number of ether oxygens (including phenoxy) is 3. The molecule has 0 bridgehead atoms. The minimum Gasteiger partial charge on any atom is -0.497 e. The van der Waals surface area contributed by atoms with Crippen LogP contribution in [0.1, 0.15) is 16.4 Å². The Bertz CT molecular complexity index is 1280. The van der Waals surface area contributed by atoms with Crippen LogP contribution >= 0.6 is 0 Å². The molecule has 0 aliphatic rings. The number of pyridine rings is 1. The number of methoxy groups -OCH3 is 2. The summed E-state index contributed by atoms with van der Waals surface area (Å²) in [7, 11) is 3.07. The van der Waals surface area contributed by atoms with Crippen molar-refractivity contribution < 1.29 is 23.5 Å². The summed E-state index contributed by atoms with van der Waals surface area (Å²) in [4.78, 5) is 31.2. The van der Waals surface area contributed by atoms with Crippen molar-refractivity contribution in [1.29, 1.82) is 0 Å². The number of rotatable bonds is 6. The number of hydrogen-bond acceptors (Lipinski definition) is 8. The van der Waals surface area contributed by atoms with Crippen LogP contribution in [0.3, 0.4) is 0 Å². The van der Waals surface area contributed by atoms with Gasteiger partial charge in [0.1, 0.15) is 17.2 Å². The average Bonchev–Trinajstić information content (AvgIpc) is 3.25. The monoisotopic (exact) mass is 407 g/mol. The summed E-state index contributed by atoms with van der Waals surface area (Å²) in [5.41, 5.74) is 0.264. The second-order valence-corrected chi connectivity index (χ2v) is 6.25. The van der Waals surface area contributed by atoms with Crippen LogP contribution in [0, 0.1) is 0 Å². The molecule has 0 aliphatic heterocycles. The SMILES string of the molecule is COc1ccc(-c2noc(COC(=O)c3cc4ccccc4c(=O)[nH]3)n2)c(OC)c1. The highest BCUT2D eigenvalue weighted by molar-refractivity contribution is 5.92. The van der Waals surface area contributed by atoms with Gasteiger partial charge < -0.3 is 23.7 Å². The number of fused-ring (bicyclic) bond motifs is 1. The van der Waals surface area contributed by atoms with Gasteiger partial charge in [0.15, 0.2) is 6.61 Å². The summed E-state index contributed by atoms with van der Waals surface area (Å²) in [5, 5.41) is 5.03. The number of H-pyrrole nitrogens is 1. The molecule has 2 heterocycles. The highest BCUT2D eigenvalue weighted by Gasteiger charge is 2.17. The van der Waals surface area contributed by atoms with E-state index in [1.165, 1.54) is 7.11 Å². The van der Waals surface area contributed by atoms with Crippen LogP contribution < -0.4 is 15.0 Å². The van der Waals surface area contributed by atoms with Crippen molar-refractivity contribution in [3.8, 4) is 22.9 Å². The van der Waals surface area contributed by atoms with Crippen LogP contribution in [0.4, 0.5) is 0 Å². The van der Waals surface area contributed by atoms with Crippen molar-refractivity contribution in [3.63, 3.8) is 0 Å². The molecular formula is C21H17N3O6. The summed E-state index contributed by atoms with van der Waals surface area (Å²) in [6, 6.07) is 13.7. The van der Waals surface area contributed by atoms with E-state index < -0.39 is 5.97 Å². The van der Waals surface area contributed by atoms with Crippen molar-refractivity contribution in [3.05, 3.63) is 70.5 Å². The van der Waals surface area contributed by atoms with Crippen molar-refractivity contribution in [1.82, 2.24) is 15.1 Å². The maximum absolute atomic E-state index is 12.3. The summed E-state index contributed by atoms with van der Waals surface area (Å²) >= 11 is 0. The molecule has 1 N–H and O–H groups in total. The predicted octanol–water partition coefficient (Wildman–Crippen LogP) is 2.95. The van der Waals surface area contributed by atoms with Crippen molar-refractivity contribution in [2.75, 3.05) is 14.2 Å². The van der Waals surface area contributed by atoms with Crippen LogP contribution in [0.2, 0.25) is 0 Å². The topological polar surface area (TPSA) is 117 Å². The molecule has 9 nitrogen and oxygen atoms in total. The van der Waals surface area contributed by atoms with Gasteiger partial charge in [0.2, 0.25) is 5.82 Å². The lowest BCUT2D eigenvalue weighted by Gasteiger charge is -2.07. The molecule has 0 spiro atoms. The van der Waals surface area contributed by atoms with Crippen molar-refractivity contribution in [2.24, 2.45) is 0 Å². The Kier molecular flexibility index (Phi) is 5.17. The number of aromatic amines is 1. The van der Waals surface area contributed by atoms with E-state index in [4.69, 9.17) is 18.7 Å². The summed E-state index contributed by atoms with van der Waals surface area (Å²) in [5.74, 6) is 0.795. The molecule has 4 rings (SSSR count). The molecule has 2 aromatic heterocycles. The highest BCUT2D eigenvalue weighted by atomic mass is 16.6. The number of nitrogens with one attached hydrogen (secondary N) is 1. The van der Waals surface area contributed by atoms with E-state index >= 15 is 0 Å². The number of benzene rings is 2. The maximum atomic E-state index is 12.3. The van der Waals surface area contributed by atoms with Crippen LogP contribution in [0.5, 0.6) is 11.5 Å². The van der Waals surface area contributed by atoms with Crippen LogP contribution in [-0.2, 0) is 11.3 Å².